The molecule has 0 bridgehead atoms. The van der Waals surface area contributed by atoms with E-state index in [2.05, 4.69) is 15.9 Å². The molecule has 0 aromatic heterocycles. The summed E-state index contributed by atoms with van der Waals surface area (Å²) in [6, 6.07) is 2.16. The molecule has 0 amide bonds. The molecule has 0 spiro atoms. The van der Waals surface area contributed by atoms with E-state index >= 15 is 0 Å². The standard InChI is InChI=1S/C12H12BrFO4/c1-3-17-11(15)7-6-10(14)8(5-9(7)13)12(16)18-4-2/h5-6H,3-4H2,1-2H3. The minimum Gasteiger partial charge on any atom is -0.462 e. The van der Waals surface area contributed by atoms with Crippen LogP contribution in [0.5, 0.6) is 0 Å². The number of ether oxygens (including phenoxy) is 2. The number of carbonyl (C=O) groups is 2. The minimum absolute atomic E-state index is 0.0300. The molecule has 1 aromatic carbocycles. The summed E-state index contributed by atoms with van der Waals surface area (Å²) < 4.78 is 23.4. The van der Waals surface area contributed by atoms with Gasteiger partial charge < -0.3 is 9.47 Å². The molecule has 0 unspecified atom stereocenters. The lowest BCUT2D eigenvalue weighted by Crippen LogP contribution is -2.11. The van der Waals surface area contributed by atoms with Crippen LogP contribution in [0.25, 0.3) is 0 Å². The second-order valence-electron chi connectivity index (χ2n) is 3.25. The molecule has 6 heteroatoms. The van der Waals surface area contributed by atoms with Gasteiger partial charge in [-0.2, -0.15) is 0 Å². The van der Waals surface area contributed by atoms with Crippen molar-refractivity contribution >= 4 is 27.9 Å². The van der Waals surface area contributed by atoms with Crippen LogP contribution in [0.1, 0.15) is 34.6 Å². The normalized spacial score (nSPS) is 10.0. The van der Waals surface area contributed by atoms with Crippen molar-refractivity contribution in [2.24, 2.45) is 0 Å². The first-order chi connectivity index (χ1) is 8.51. The van der Waals surface area contributed by atoms with Gasteiger partial charge in [0.05, 0.1) is 24.3 Å². The maximum atomic E-state index is 13.7. The molecule has 0 N–H and O–H groups in total. The zero-order valence-corrected chi connectivity index (χ0v) is 11.5. The average molecular weight is 319 g/mol. The summed E-state index contributed by atoms with van der Waals surface area (Å²) in [6.07, 6.45) is 0. The van der Waals surface area contributed by atoms with Crippen LogP contribution in [0.2, 0.25) is 0 Å². The van der Waals surface area contributed by atoms with Gasteiger partial charge in [-0.3, -0.25) is 0 Å². The quantitative estimate of drug-likeness (QED) is 0.801. The first-order valence-corrected chi connectivity index (χ1v) is 6.13. The first-order valence-electron chi connectivity index (χ1n) is 5.34. The Labute approximate surface area is 112 Å². The Kier molecular flexibility index (Phi) is 5.27. The molecule has 1 aromatic rings. The van der Waals surface area contributed by atoms with Crippen molar-refractivity contribution in [3.05, 3.63) is 33.5 Å². The lowest BCUT2D eigenvalue weighted by Gasteiger charge is -2.08. The van der Waals surface area contributed by atoms with Crippen molar-refractivity contribution in [1.82, 2.24) is 0 Å². The third-order valence-electron chi connectivity index (χ3n) is 2.05. The molecule has 0 radical (unpaired) electrons. The topological polar surface area (TPSA) is 52.6 Å². The lowest BCUT2D eigenvalue weighted by molar-refractivity contribution is 0.0506. The summed E-state index contributed by atoms with van der Waals surface area (Å²) in [6.45, 7) is 3.61. The SMILES string of the molecule is CCOC(=O)c1cc(Br)c(C(=O)OCC)cc1F. The van der Waals surface area contributed by atoms with Gasteiger partial charge in [-0.25, -0.2) is 14.0 Å². The number of rotatable bonds is 4. The number of hydrogen-bond acceptors (Lipinski definition) is 4. The van der Waals surface area contributed by atoms with Crippen molar-refractivity contribution in [3.63, 3.8) is 0 Å². The van der Waals surface area contributed by atoms with E-state index in [1.54, 1.807) is 13.8 Å². The summed E-state index contributed by atoms with van der Waals surface area (Å²) in [5.41, 5.74) is -0.195. The van der Waals surface area contributed by atoms with Gasteiger partial charge in [0.2, 0.25) is 0 Å². The van der Waals surface area contributed by atoms with Crippen LogP contribution in [-0.4, -0.2) is 25.2 Å². The van der Waals surface area contributed by atoms with Crippen LogP contribution in [0, 0.1) is 5.82 Å². The van der Waals surface area contributed by atoms with E-state index in [0.717, 1.165) is 6.07 Å². The van der Waals surface area contributed by atoms with E-state index in [4.69, 9.17) is 9.47 Å². The lowest BCUT2D eigenvalue weighted by atomic mass is 10.1. The van der Waals surface area contributed by atoms with E-state index in [1.807, 2.05) is 0 Å². The summed E-state index contributed by atoms with van der Waals surface area (Å²) in [7, 11) is 0. The third kappa shape index (κ3) is 3.29. The predicted octanol–water partition coefficient (Wildman–Crippen LogP) is 2.94. The first kappa shape index (κ1) is 14.6. The van der Waals surface area contributed by atoms with Crippen molar-refractivity contribution in [1.29, 1.82) is 0 Å². The van der Waals surface area contributed by atoms with E-state index in [-0.39, 0.29) is 28.8 Å². The van der Waals surface area contributed by atoms with Gasteiger partial charge >= 0.3 is 11.9 Å². The Morgan fingerprint density at radius 3 is 2.11 bits per heavy atom. The van der Waals surface area contributed by atoms with Crippen molar-refractivity contribution in [2.75, 3.05) is 13.2 Å². The van der Waals surface area contributed by atoms with Gasteiger partial charge in [0.1, 0.15) is 5.82 Å². The molecule has 0 saturated heterocycles. The Morgan fingerprint density at radius 2 is 1.61 bits per heavy atom. The molecule has 0 heterocycles. The molecule has 1 rings (SSSR count). The Morgan fingerprint density at radius 1 is 1.11 bits per heavy atom. The van der Waals surface area contributed by atoms with Crippen LogP contribution >= 0.6 is 15.9 Å². The molecule has 0 aliphatic heterocycles. The fourth-order valence-electron chi connectivity index (χ4n) is 1.28. The van der Waals surface area contributed by atoms with Crippen LogP contribution in [0.4, 0.5) is 4.39 Å². The smallest absolute Gasteiger partial charge is 0.341 e. The van der Waals surface area contributed by atoms with Crippen molar-refractivity contribution < 1.29 is 23.5 Å². The molecule has 0 atom stereocenters. The van der Waals surface area contributed by atoms with Crippen LogP contribution < -0.4 is 0 Å². The second-order valence-corrected chi connectivity index (χ2v) is 4.11. The summed E-state index contributed by atoms with van der Waals surface area (Å²) in [5, 5.41) is 0. The van der Waals surface area contributed by atoms with Crippen molar-refractivity contribution in [2.45, 2.75) is 13.8 Å². The van der Waals surface area contributed by atoms with Gasteiger partial charge in [0, 0.05) is 4.47 Å². The molecule has 0 aliphatic rings. The van der Waals surface area contributed by atoms with Gasteiger partial charge in [-0.15, -0.1) is 0 Å². The van der Waals surface area contributed by atoms with Crippen LogP contribution in [0.3, 0.4) is 0 Å². The van der Waals surface area contributed by atoms with E-state index < -0.39 is 17.8 Å². The Balaban J connectivity index is 3.11. The molecule has 18 heavy (non-hydrogen) atoms. The summed E-state index contributed by atoms with van der Waals surface area (Å²) >= 11 is 3.10. The highest BCUT2D eigenvalue weighted by Crippen LogP contribution is 2.23. The fourth-order valence-corrected chi connectivity index (χ4v) is 1.78. The monoisotopic (exact) mass is 318 g/mol. The van der Waals surface area contributed by atoms with Gasteiger partial charge in [0.25, 0.3) is 0 Å². The predicted molar refractivity (Wildman–Crippen MR) is 66.0 cm³/mol. The zero-order chi connectivity index (χ0) is 13.7. The molecule has 4 nitrogen and oxygen atoms in total. The van der Waals surface area contributed by atoms with Gasteiger partial charge in [-0.1, -0.05) is 0 Å². The van der Waals surface area contributed by atoms with E-state index in [0.29, 0.717) is 0 Å². The molecule has 0 fully saturated rings. The zero-order valence-electron chi connectivity index (χ0n) is 9.96. The summed E-state index contributed by atoms with van der Waals surface area (Å²) in [4.78, 5) is 22.9. The van der Waals surface area contributed by atoms with E-state index in [1.165, 1.54) is 6.07 Å². The molecule has 0 aliphatic carbocycles. The van der Waals surface area contributed by atoms with Crippen molar-refractivity contribution in [3.8, 4) is 0 Å². The maximum Gasteiger partial charge on any atom is 0.341 e. The third-order valence-corrected chi connectivity index (χ3v) is 2.70. The van der Waals surface area contributed by atoms with Crippen LogP contribution in [0.15, 0.2) is 16.6 Å². The van der Waals surface area contributed by atoms with Gasteiger partial charge in [0.15, 0.2) is 0 Å². The Bertz CT molecular complexity index is 430. The number of carbonyl (C=O) groups excluding carboxylic acids is 2. The van der Waals surface area contributed by atoms with E-state index in [9.17, 15) is 14.0 Å². The van der Waals surface area contributed by atoms with Gasteiger partial charge in [-0.05, 0) is 41.9 Å². The number of halogens is 2. The molecular weight excluding hydrogens is 307 g/mol. The highest BCUT2D eigenvalue weighted by atomic mass is 79.9. The second kappa shape index (κ2) is 6.49. The largest absolute Gasteiger partial charge is 0.462 e. The fraction of sp³-hybridized carbons (Fsp3) is 0.333. The number of benzene rings is 1. The average Bonchev–Trinajstić information content (AvgIpc) is 2.32. The maximum absolute atomic E-state index is 13.7. The minimum atomic E-state index is -0.820. The number of esters is 2. The highest BCUT2D eigenvalue weighted by molar-refractivity contribution is 9.10. The summed E-state index contributed by atoms with van der Waals surface area (Å²) in [5.74, 6) is -2.25. The molecule has 0 saturated carbocycles. The number of hydrogen-bond donors (Lipinski definition) is 0. The molecule has 98 valence electrons. The molecular formula is C12H12BrFO4. The highest BCUT2D eigenvalue weighted by Gasteiger charge is 2.19. The van der Waals surface area contributed by atoms with Crippen LogP contribution in [-0.2, 0) is 9.47 Å². The Hall–Kier alpha value is -1.43.